The third-order valence-corrected chi connectivity index (χ3v) is 4.39. The van der Waals surface area contributed by atoms with Gasteiger partial charge in [-0.05, 0) is 62.0 Å². The largest absolute Gasteiger partial charge is 0.215 e. The molecule has 116 valence electrons. The summed E-state index contributed by atoms with van der Waals surface area (Å²) in [6.45, 7) is 4.03. The van der Waals surface area contributed by atoms with E-state index in [4.69, 9.17) is 4.11 Å². The molecule has 0 unspecified atom stereocenters. The number of aryl methyl sites for hydroxylation is 5. The zero-order valence-electron chi connectivity index (χ0n) is 17.1. The van der Waals surface area contributed by atoms with Gasteiger partial charge in [0.1, 0.15) is 7.05 Å². The Kier molecular flexibility index (Phi) is 3.15. The molecule has 0 radical (unpaired) electrons. The van der Waals surface area contributed by atoms with E-state index in [1.54, 1.807) is 6.07 Å². The summed E-state index contributed by atoms with van der Waals surface area (Å²) in [5.41, 5.74) is 8.20. The second-order valence-corrected chi connectivity index (χ2v) is 6.22. The standard InChI is InChI=1S/C22H24N/c1-15-10-11-19(12-17(15)3)20-13-18(4)22(23(5)14-20)21-9-7-6-8-16(21)2/h6-14H,1-5H3/q+1/i1D3. The van der Waals surface area contributed by atoms with Crippen molar-refractivity contribution in [2.75, 3.05) is 0 Å². The van der Waals surface area contributed by atoms with Gasteiger partial charge in [0.2, 0.25) is 5.69 Å². The van der Waals surface area contributed by atoms with E-state index in [9.17, 15) is 0 Å². The summed E-state index contributed by atoms with van der Waals surface area (Å²) in [5, 5.41) is 0. The highest BCUT2D eigenvalue weighted by atomic mass is 14.9. The first-order valence-electron chi connectivity index (χ1n) is 9.36. The first-order valence-corrected chi connectivity index (χ1v) is 7.86. The van der Waals surface area contributed by atoms with Gasteiger partial charge in [0.25, 0.3) is 0 Å². The number of hydrogen-bond donors (Lipinski definition) is 0. The molecule has 0 aliphatic carbocycles. The molecule has 1 nitrogen and oxygen atoms in total. The smallest absolute Gasteiger partial charge is 0.200 e. The maximum absolute atomic E-state index is 7.63. The Morgan fingerprint density at radius 2 is 1.52 bits per heavy atom. The van der Waals surface area contributed by atoms with Crippen molar-refractivity contribution in [2.24, 2.45) is 7.05 Å². The lowest BCUT2D eigenvalue weighted by molar-refractivity contribution is -0.660. The second-order valence-electron chi connectivity index (χ2n) is 6.22. The number of nitrogens with zero attached hydrogens (tertiary/aromatic N) is 1. The predicted octanol–water partition coefficient (Wildman–Crippen LogP) is 5.08. The zero-order valence-corrected chi connectivity index (χ0v) is 14.1. The molecule has 1 heterocycles. The van der Waals surface area contributed by atoms with Crippen LogP contribution in [0.3, 0.4) is 0 Å². The van der Waals surface area contributed by atoms with Crippen molar-refractivity contribution in [3.8, 4) is 22.4 Å². The van der Waals surface area contributed by atoms with E-state index >= 15 is 0 Å². The minimum atomic E-state index is -2.07. The monoisotopic (exact) mass is 305 g/mol. The fourth-order valence-corrected chi connectivity index (χ4v) is 3.13. The van der Waals surface area contributed by atoms with E-state index in [0.717, 1.165) is 16.7 Å². The van der Waals surface area contributed by atoms with Crippen LogP contribution in [0.1, 0.15) is 26.4 Å². The topological polar surface area (TPSA) is 3.88 Å². The SMILES string of the molecule is [2H]C([2H])([2H])c1ccc(-c2cc(C)c(-c3ccccc3C)[n+](C)c2)cc1C. The van der Waals surface area contributed by atoms with E-state index in [-0.39, 0.29) is 0 Å². The molecular weight excluding hydrogens is 278 g/mol. The van der Waals surface area contributed by atoms with Gasteiger partial charge in [-0.3, -0.25) is 0 Å². The maximum atomic E-state index is 7.63. The van der Waals surface area contributed by atoms with Crippen LogP contribution in [0.2, 0.25) is 0 Å². The van der Waals surface area contributed by atoms with Crippen molar-refractivity contribution in [3.05, 3.63) is 77.0 Å². The molecule has 0 spiro atoms. The minimum Gasteiger partial charge on any atom is -0.200 e. The summed E-state index contributed by atoms with van der Waals surface area (Å²) in [4.78, 5) is 0. The minimum absolute atomic E-state index is 0.416. The van der Waals surface area contributed by atoms with Crippen LogP contribution in [-0.4, -0.2) is 0 Å². The van der Waals surface area contributed by atoms with Gasteiger partial charge in [0.15, 0.2) is 6.20 Å². The van der Waals surface area contributed by atoms with Crippen molar-refractivity contribution in [1.29, 1.82) is 0 Å². The van der Waals surface area contributed by atoms with Crippen molar-refractivity contribution < 1.29 is 8.68 Å². The van der Waals surface area contributed by atoms with Crippen LogP contribution in [0.4, 0.5) is 0 Å². The molecule has 0 fully saturated rings. The van der Waals surface area contributed by atoms with Crippen LogP contribution < -0.4 is 4.57 Å². The third-order valence-electron chi connectivity index (χ3n) is 4.39. The molecule has 1 heteroatoms. The van der Waals surface area contributed by atoms with Crippen molar-refractivity contribution in [2.45, 2.75) is 27.6 Å². The van der Waals surface area contributed by atoms with E-state index in [0.29, 0.717) is 5.56 Å². The first-order chi connectivity index (χ1) is 12.2. The van der Waals surface area contributed by atoms with Crippen LogP contribution in [0.5, 0.6) is 0 Å². The summed E-state index contributed by atoms with van der Waals surface area (Å²) in [6, 6.07) is 16.1. The van der Waals surface area contributed by atoms with Crippen molar-refractivity contribution in [3.63, 3.8) is 0 Å². The Labute approximate surface area is 143 Å². The Bertz CT molecular complexity index is 948. The molecule has 0 aliphatic heterocycles. The van der Waals surface area contributed by atoms with Crippen LogP contribution >= 0.6 is 0 Å². The van der Waals surface area contributed by atoms with E-state index in [2.05, 4.69) is 62.0 Å². The number of hydrogen-bond acceptors (Lipinski definition) is 0. The van der Waals surface area contributed by atoms with Gasteiger partial charge >= 0.3 is 0 Å². The lowest BCUT2D eigenvalue weighted by Gasteiger charge is -2.10. The highest BCUT2D eigenvalue weighted by Gasteiger charge is 2.17. The number of benzene rings is 2. The lowest BCUT2D eigenvalue weighted by Crippen LogP contribution is -2.32. The van der Waals surface area contributed by atoms with Gasteiger partial charge < -0.3 is 0 Å². The van der Waals surface area contributed by atoms with Crippen LogP contribution in [0.25, 0.3) is 22.4 Å². The lowest BCUT2D eigenvalue weighted by atomic mass is 9.97. The Hall–Kier alpha value is -2.41. The fourth-order valence-electron chi connectivity index (χ4n) is 3.13. The predicted molar refractivity (Wildman–Crippen MR) is 97.4 cm³/mol. The average Bonchev–Trinajstić information content (AvgIpc) is 2.54. The Balaban J connectivity index is 2.09. The number of pyridine rings is 1. The van der Waals surface area contributed by atoms with E-state index in [1.807, 2.05) is 19.1 Å². The summed E-state index contributed by atoms with van der Waals surface area (Å²) in [7, 11) is 2.06. The second kappa shape index (κ2) is 6.00. The maximum Gasteiger partial charge on any atom is 0.215 e. The highest BCUT2D eigenvalue weighted by Crippen LogP contribution is 2.27. The molecule has 2 aromatic carbocycles. The molecule has 0 saturated heterocycles. The Morgan fingerprint density at radius 3 is 2.17 bits per heavy atom. The van der Waals surface area contributed by atoms with Gasteiger partial charge in [-0.1, -0.05) is 36.4 Å². The normalized spacial score (nSPS) is 13.3. The Morgan fingerprint density at radius 1 is 0.783 bits per heavy atom. The fraction of sp³-hybridized carbons (Fsp3) is 0.227. The molecule has 0 saturated carbocycles. The first kappa shape index (κ1) is 12.1. The molecule has 0 aliphatic rings. The summed E-state index contributed by atoms with van der Waals surface area (Å²) in [6.07, 6.45) is 2.11. The van der Waals surface area contributed by atoms with Crippen LogP contribution in [-0.2, 0) is 7.05 Å². The van der Waals surface area contributed by atoms with Crippen molar-refractivity contribution >= 4 is 0 Å². The number of rotatable bonds is 2. The summed E-state index contributed by atoms with van der Waals surface area (Å²) < 4.78 is 25.0. The van der Waals surface area contributed by atoms with Gasteiger partial charge in [-0.15, -0.1) is 0 Å². The van der Waals surface area contributed by atoms with Gasteiger partial charge in [-0.25, -0.2) is 4.57 Å². The average molecular weight is 305 g/mol. The molecule has 0 bridgehead atoms. The molecule has 0 atom stereocenters. The molecule has 3 rings (SSSR count). The molecule has 0 N–H and O–H groups in total. The zero-order chi connectivity index (χ0) is 19.1. The van der Waals surface area contributed by atoms with Gasteiger partial charge in [-0.2, -0.15) is 0 Å². The molecule has 3 aromatic rings. The molecular formula is C22H24N+. The molecule has 0 amide bonds. The summed E-state index contributed by atoms with van der Waals surface area (Å²) >= 11 is 0. The summed E-state index contributed by atoms with van der Waals surface area (Å²) in [5.74, 6) is 0. The molecule has 1 aromatic heterocycles. The number of aromatic nitrogens is 1. The van der Waals surface area contributed by atoms with Crippen LogP contribution in [0, 0.1) is 27.6 Å². The van der Waals surface area contributed by atoms with Gasteiger partial charge in [0.05, 0.1) is 0 Å². The van der Waals surface area contributed by atoms with Crippen molar-refractivity contribution in [1.82, 2.24) is 0 Å². The quantitative estimate of drug-likeness (QED) is 0.581. The van der Waals surface area contributed by atoms with Gasteiger partial charge in [0, 0.05) is 20.8 Å². The van der Waals surface area contributed by atoms with Crippen LogP contribution in [0.15, 0.2) is 54.7 Å². The highest BCUT2D eigenvalue weighted by molar-refractivity contribution is 5.69. The molecule has 23 heavy (non-hydrogen) atoms. The third kappa shape index (κ3) is 2.92. The van der Waals surface area contributed by atoms with E-state index in [1.165, 1.54) is 22.4 Å². The van der Waals surface area contributed by atoms with E-state index < -0.39 is 6.85 Å².